The number of carbonyl (C=O) groups is 2. The summed E-state index contributed by atoms with van der Waals surface area (Å²) in [6.45, 7) is 0. The van der Waals surface area contributed by atoms with Crippen molar-refractivity contribution in [3.63, 3.8) is 0 Å². The van der Waals surface area contributed by atoms with Crippen LogP contribution in [0.4, 0.5) is 0 Å². The van der Waals surface area contributed by atoms with E-state index < -0.39 is 0 Å². The minimum atomic E-state index is -0.161. The van der Waals surface area contributed by atoms with Crippen molar-refractivity contribution in [2.24, 2.45) is 11.5 Å². The standard InChI is InChI=1S/C41H78N2O2/c42-40(44)38-36-34-32-30-28-26-24-22-20-18-16-14-12-10-8-6-4-2-1-3-5-7-9-11-13-15-17-19-21-23-25-27-29-31-33-35-37-39-41(43)45/h20-23H,1-19,24-39H2,(H2,42,44)(H2,43,45). The van der Waals surface area contributed by atoms with Gasteiger partial charge >= 0.3 is 0 Å². The van der Waals surface area contributed by atoms with Crippen LogP contribution in [0.15, 0.2) is 24.3 Å². The molecule has 0 fully saturated rings. The van der Waals surface area contributed by atoms with Crippen molar-refractivity contribution in [3.05, 3.63) is 24.3 Å². The van der Waals surface area contributed by atoms with Crippen molar-refractivity contribution < 1.29 is 9.59 Å². The summed E-state index contributed by atoms with van der Waals surface area (Å²) < 4.78 is 0. The maximum Gasteiger partial charge on any atom is 0.217 e. The van der Waals surface area contributed by atoms with E-state index in [4.69, 9.17) is 11.5 Å². The summed E-state index contributed by atoms with van der Waals surface area (Å²) in [5.74, 6) is -0.322. The summed E-state index contributed by atoms with van der Waals surface area (Å²) in [4.78, 5) is 21.4. The molecule has 2 amide bonds. The Balaban J connectivity index is 3.13. The van der Waals surface area contributed by atoms with Crippen LogP contribution in [-0.2, 0) is 9.59 Å². The fourth-order valence-electron chi connectivity index (χ4n) is 6.18. The maximum atomic E-state index is 10.7. The van der Waals surface area contributed by atoms with Crippen LogP contribution in [0.3, 0.4) is 0 Å². The quantitative estimate of drug-likeness (QED) is 0.0525. The minimum Gasteiger partial charge on any atom is -0.370 e. The Hall–Kier alpha value is -1.58. The van der Waals surface area contributed by atoms with Crippen LogP contribution in [-0.4, -0.2) is 11.8 Å². The van der Waals surface area contributed by atoms with E-state index in [1.165, 1.54) is 186 Å². The van der Waals surface area contributed by atoms with Crippen molar-refractivity contribution in [3.8, 4) is 0 Å². The molecule has 0 aliphatic carbocycles. The van der Waals surface area contributed by atoms with Crippen LogP contribution in [0.1, 0.15) is 225 Å². The van der Waals surface area contributed by atoms with Crippen LogP contribution in [0.25, 0.3) is 0 Å². The SMILES string of the molecule is NC(=O)CCCCCCCCC=CCCCCCCCCCCCCCCCCCCCC=CCCCCCCCCC(N)=O. The van der Waals surface area contributed by atoms with Gasteiger partial charge in [-0.3, -0.25) is 9.59 Å². The molecule has 45 heavy (non-hydrogen) atoms. The molecule has 0 bridgehead atoms. The first-order valence-corrected chi connectivity index (χ1v) is 20.0. The average Bonchev–Trinajstić information content (AvgIpc) is 3.02. The summed E-state index contributed by atoms with van der Waals surface area (Å²) in [5, 5.41) is 0. The van der Waals surface area contributed by atoms with Gasteiger partial charge in [0.25, 0.3) is 0 Å². The van der Waals surface area contributed by atoms with Crippen LogP contribution in [0.5, 0.6) is 0 Å². The molecular weight excluding hydrogens is 552 g/mol. The Morgan fingerprint density at radius 2 is 0.422 bits per heavy atom. The molecule has 4 nitrogen and oxygen atoms in total. The van der Waals surface area contributed by atoms with E-state index in [9.17, 15) is 9.59 Å². The second-order valence-electron chi connectivity index (χ2n) is 13.8. The van der Waals surface area contributed by atoms with E-state index in [1.807, 2.05) is 0 Å². The Morgan fingerprint density at radius 3 is 0.600 bits per heavy atom. The molecule has 0 aromatic heterocycles. The third kappa shape index (κ3) is 42.4. The molecule has 0 aromatic rings. The van der Waals surface area contributed by atoms with Crippen LogP contribution < -0.4 is 11.5 Å². The first kappa shape index (κ1) is 43.4. The maximum absolute atomic E-state index is 10.7. The van der Waals surface area contributed by atoms with Crippen LogP contribution in [0, 0.1) is 0 Å². The lowest BCUT2D eigenvalue weighted by atomic mass is 10.0. The molecule has 0 rings (SSSR count). The van der Waals surface area contributed by atoms with Gasteiger partial charge in [0, 0.05) is 12.8 Å². The highest BCUT2D eigenvalue weighted by Gasteiger charge is 1.97. The Kier molecular flexibility index (Phi) is 37.2. The molecule has 0 heterocycles. The van der Waals surface area contributed by atoms with Gasteiger partial charge in [0.15, 0.2) is 0 Å². The lowest BCUT2D eigenvalue weighted by Crippen LogP contribution is -2.09. The fraction of sp³-hybridized carbons (Fsp3) is 0.854. The normalized spacial score (nSPS) is 11.7. The zero-order chi connectivity index (χ0) is 32.7. The molecule has 0 aromatic carbocycles. The average molecular weight is 631 g/mol. The predicted octanol–water partition coefficient (Wildman–Crippen LogP) is 12.7. The monoisotopic (exact) mass is 631 g/mol. The lowest BCUT2D eigenvalue weighted by molar-refractivity contribution is -0.119. The third-order valence-corrected chi connectivity index (χ3v) is 9.16. The van der Waals surface area contributed by atoms with E-state index in [0.717, 1.165) is 25.7 Å². The molecule has 0 saturated carbocycles. The topological polar surface area (TPSA) is 86.2 Å². The van der Waals surface area contributed by atoms with Gasteiger partial charge in [-0.2, -0.15) is 0 Å². The van der Waals surface area contributed by atoms with Gasteiger partial charge < -0.3 is 11.5 Å². The van der Waals surface area contributed by atoms with Crippen molar-refractivity contribution in [1.29, 1.82) is 0 Å². The molecule has 0 spiro atoms. The Bertz CT molecular complexity index is 616. The zero-order valence-corrected chi connectivity index (χ0v) is 30.0. The molecule has 4 heteroatoms. The number of amides is 2. The van der Waals surface area contributed by atoms with Gasteiger partial charge in [-0.25, -0.2) is 0 Å². The highest BCUT2D eigenvalue weighted by Crippen LogP contribution is 2.15. The lowest BCUT2D eigenvalue weighted by Gasteiger charge is -2.03. The smallest absolute Gasteiger partial charge is 0.217 e. The van der Waals surface area contributed by atoms with Gasteiger partial charge in [-0.15, -0.1) is 0 Å². The van der Waals surface area contributed by atoms with Crippen molar-refractivity contribution >= 4 is 11.8 Å². The van der Waals surface area contributed by atoms with Gasteiger partial charge in [-0.1, -0.05) is 172 Å². The predicted molar refractivity (Wildman–Crippen MR) is 198 cm³/mol. The van der Waals surface area contributed by atoms with E-state index in [1.54, 1.807) is 0 Å². The molecule has 0 unspecified atom stereocenters. The number of allylic oxidation sites excluding steroid dienone is 4. The highest BCUT2D eigenvalue weighted by atomic mass is 16.1. The third-order valence-electron chi connectivity index (χ3n) is 9.16. The summed E-state index contributed by atoms with van der Waals surface area (Å²) in [5.41, 5.74) is 10.3. The molecule has 0 radical (unpaired) electrons. The highest BCUT2D eigenvalue weighted by molar-refractivity contribution is 5.73. The largest absolute Gasteiger partial charge is 0.370 e. The Morgan fingerprint density at radius 1 is 0.267 bits per heavy atom. The van der Waals surface area contributed by atoms with E-state index in [0.29, 0.717) is 12.8 Å². The van der Waals surface area contributed by atoms with Gasteiger partial charge in [-0.05, 0) is 64.2 Å². The molecule has 0 aliphatic rings. The van der Waals surface area contributed by atoms with Crippen molar-refractivity contribution in [2.45, 2.75) is 225 Å². The van der Waals surface area contributed by atoms with Crippen LogP contribution in [0.2, 0.25) is 0 Å². The first-order chi connectivity index (χ1) is 22.1. The number of carbonyl (C=O) groups excluding carboxylic acids is 2. The zero-order valence-electron chi connectivity index (χ0n) is 30.0. The number of hydrogen-bond acceptors (Lipinski definition) is 2. The number of rotatable bonds is 38. The molecule has 264 valence electrons. The molecule has 0 saturated heterocycles. The molecular formula is C41H78N2O2. The number of nitrogens with two attached hydrogens (primary N) is 2. The fourth-order valence-corrected chi connectivity index (χ4v) is 6.18. The summed E-state index contributed by atoms with van der Waals surface area (Å²) in [6.07, 6.45) is 54.4. The summed E-state index contributed by atoms with van der Waals surface area (Å²) in [6, 6.07) is 0. The van der Waals surface area contributed by atoms with Crippen molar-refractivity contribution in [2.75, 3.05) is 0 Å². The Labute approximate surface area is 281 Å². The summed E-state index contributed by atoms with van der Waals surface area (Å²) >= 11 is 0. The van der Waals surface area contributed by atoms with Crippen LogP contribution >= 0.6 is 0 Å². The van der Waals surface area contributed by atoms with Gasteiger partial charge in [0.2, 0.25) is 11.8 Å². The first-order valence-electron chi connectivity index (χ1n) is 20.0. The van der Waals surface area contributed by atoms with E-state index in [-0.39, 0.29) is 11.8 Å². The van der Waals surface area contributed by atoms with Gasteiger partial charge in [0.05, 0.1) is 0 Å². The molecule has 4 N–H and O–H groups in total. The number of hydrogen-bond donors (Lipinski definition) is 2. The second kappa shape index (κ2) is 38.6. The number of primary amides is 2. The van der Waals surface area contributed by atoms with E-state index in [2.05, 4.69) is 24.3 Å². The minimum absolute atomic E-state index is 0.161. The molecule has 0 atom stereocenters. The number of unbranched alkanes of at least 4 members (excludes halogenated alkanes) is 30. The summed E-state index contributed by atoms with van der Waals surface area (Å²) in [7, 11) is 0. The second-order valence-corrected chi connectivity index (χ2v) is 13.8. The van der Waals surface area contributed by atoms with E-state index >= 15 is 0 Å². The van der Waals surface area contributed by atoms with Crippen molar-refractivity contribution in [1.82, 2.24) is 0 Å². The van der Waals surface area contributed by atoms with Gasteiger partial charge in [0.1, 0.15) is 0 Å². The molecule has 0 aliphatic heterocycles.